The van der Waals surface area contributed by atoms with Crippen molar-refractivity contribution < 1.29 is 4.57 Å². The van der Waals surface area contributed by atoms with Crippen LogP contribution in [-0.2, 0) is 4.57 Å². The van der Waals surface area contributed by atoms with Crippen molar-refractivity contribution in [1.82, 2.24) is 5.09 Å². The summed E-state index contributed by atoms with van der Waals surface area (Å²) in [6, 6.07) is 19.7. The summed E-state index contributed by atoms with van der Waals surface area (Å²) in [6.45, 7) is 3.07. The molecule has 0 radical (unpaired) electrons. The Labute approximate surface area is 166 Å². The first-order chi connectivity index (χ1) is 13.3. The van der Waals surface area contributed by atoms with Crippen molar-refractivity contribution in [3.63, 3.8) is 0 Å². The van der Waals surface area contributed by atoms with E-state index in [4.69, 9.17) is 0 Å². The van der Waals surface area contributed by atoms with E-state index < -0.39 is 7.29 Å². The fourth-order valence-electron chi connectivity index (χ4n) is 3.46. The van der Waals surface area contributed by atoms with Gasteiger partial charge in [-0.05, 0) is 30.7 Å². The van der Waals surface area contributed by atoms with Gasteiger partial charge in [0, 0.05) is 17.2 Å². The standard InChI is InChI=1S/C24H36NOP/c1-2-3-4-5-6-7-8-9-10-17-22-25-27(26,23-18-13-11-14-19-23)24-20-15-12-16-21-24/h11-16,18-21H,2-10,17,22H2,1H3,(H,25,26). The van der Waals surface area contributed by atoms with Crippen LogP contribution in [0.15, 0.2) is 60.7 Å². The van der Waals surface area contributed by atoms with E-state index in [9.17, 15) is 4.57 Å². The molecule has 0 spiro atoms. The van der Waals surface area contributed by atoms with E-state index in [0.717, 1.165) is 23.6 Å². The molecule has 2 aromatic carbocycles. The molecular weight excluding hydrogens is 349 g/mol. The highest BCUT2D eigenvalue weighted by molar-refractivity contribution is 7.76. The van der Waals surface area contributed by atoms with Crippen molar-refractivity contribution in [2.24, 2.45) is 0 Å². The lowest BCUT2D eigenvalue weighted by Crippen LogP contribution is -2.28. The third kappa shape index (κ3) is 7.64. The van der Waals surface area contributed by atoms with Crippen LogP contribution in [0.25, 0.3) is 0 Å². The maximum atomic E-state index is 13.8. The molecule has 0 aliphatic rings. The van der Waals surface area contributed by atoms with E-state index in [1.807, 2.05) is 60.7 Å². The molecule has 3 heteroatoms. The molecular formula is C24H36NOP. The van der Waals surface area contributed by atoms with Crippen LogP contribution in [0.2, 0.25) is 0 Å². The van der Waals surface area contributed by atoms with Gasteiger partial charge in [-0.2, -0.15) is 0 Å². The SMILES string of the molecule is CCCCCCCCCCCCNP(=O)(c1ccccc1)c1ccccc1. The van der Waals surface area contributed by atoms with Gasteiger partial charge in [0.15, 0.2) is 0 Å². The van der Waals surface area contributed by atoms with Crippen LogP contribution in [0.4, 0.5) is 0 Å². The molecule has 148 valence electrons. The monoisotopic (exact) mass is 385 g/mol. The molecule has 0 saturated heterocycles. The van der Waals surface area contributed by atoms with E-state index in [-0.39, 0.29) is 0 Å². The Morgan fingerprint density at radius 1 is 0.630 bits per heavy atom. The minimum atomic E-state index is -2.75. The molecule has 0 saturated carbocycles. The Balaban J connectivity index is 1.74. The highest BCUT2D eigenvalue weighted by Gasteiger charge is 2.25. The van der Waals surface area contributed by atoms with Crippen molar-refractivity contribution in [2.75, 3.05) is 6.54 Å². The molecule has 0 heterocycles. The smallest absolute Gasteiger partial charge is 0.204 e. The molecule has 2 rings (SSSR count). The Bertz CT molecular complexity index is 613. The number of rotatable bonds is 14. The molecule has 0 aromatic heterocycles. The Kier molecular flexibility index (Phi) is 10.5. The summed E-state index contributed by atoms with van der Waals surface area (Å²) >= 11 is 0. The lowest BCUT2D eigenvalue weighted by Gasteiger charge is -2.20. The number of hydrogen-bond acceptors (Lipinski definition) is 1. The quantitative estimate of drug-likeness (QED) is 0.300. The van der Waals surface area contributed by atoms with Gasteiger partial charge < -0.3 is 0 Å². The van der Waals surface area contributed by atoms with Crippen LogP contribution < -0.4 is 15.7 Å². The van der Waals surface area contributed by atoms with Crippen LogP contribution in [-0.4, -0.2) is 6.54 Å². The molecule has 2 aromatic rings. The van der Waals surface area contributed by atoms with Crippen LogP contribution in [0.1, 0.15) is 71.1 Å². The summed E-state index contributed by atoms with van der Waals surface area (Å²) in [5.74, 6) is 0. The van der Waals surface area contributed by atoms with E-state index in [1.165, 1.54) is 57.8 Å². The van der Waals surface area contributed by atoms with Gasteiger partial charge in [0.1, 0.15) is 0 Å². The second-order valence-corrected chi connectivity index (χ2v) is 9.94. The highest BCUT2D eigenvalue weighted by Crippen LogP contribution is 2.38. The van der Waals surface area contributed by atoms with Crippen LogP contribution in [0.3, 0.4) is 0 Å². The number of hydrogen-bond donors (Lipinski definition) is 1. The van der Waals surface area contributed by atoms with E-state index in [0.29, 0.717) is 0 Å². The highest BCUT2D eigenvalue weighted by atomic mass is 31.2. The summed E-state index contributed by atoms with van der Waals surface area (Å²) in [6.07, 6.45) is 13.2. The van der Waals surface area contributed by atoms with E-state index >= 15 is 0 Å². The van der Waals surface area contributed by atoms with Gasteiger partial charge in [0.2, 0.25) is 7.29 Å². The lowest BCUT2D eigenvalue weighted by atomic mass is 10.1. The summed E-state index contributed by atoms with van der Waals surface area (Å²) < 4.78 is 13.8. The zero-order valence-electron chi connectivity index (χ0n) is 16.9. The van der Waals surface area contributed by atoms with Crippen molar-refractivity contribution >= 4 is 17.9 Å². The summed E-state index contributed by atoms with van der Waals surface area (Å²) in [4.78, 5) is 0. The molecule has 0 amide bonds. The molecule has 2 nitrogen and oxygen atoms in total. The lowest BCUT2D eigenvalue weighted by molar-refractivity contribution is 0.550. The number of benzene rings is 2. The summed E-state index contributed by atoms with van der Waals surface area (Å²) in [5, 5.41) is 5.19. The van der Waals surface area contributed by atoms with Gasteiger partial charge in [-0.1, -0.05) is 101 Å². The van der Waals surface area contributed by atoms with Crippen LogP contribution in [0.5, 0.6) is 0 Å². The first-order valence-corrected chi connectivity index (χ1v) is 12.4. The second-order valence-electron chi connectivity index (χ2n) is 7.37. The predicted octanol–water partition coefficient (Wildman–Crippen LogP) is 6.43. The second kappa shape index (κ2) is 12.9. The van der Waals surface area contributed by atoms with Crippen molar-refractivity contribution in [2.45, 2.75) is 71.1 Å². The minimum absolute atomic E-state index is 0.803. The molecule has 0 aliphatic carbocycles. The Morgan fingerprint density at radius 3 is 1.48 bits per heavy atom. The zero-order chi connectivity index (χ0) is 19.2. The van der Waals surface area contributed by atoms with Gasteiger partial charge in [-0.3, -0.25) is 9.65 Å². The molecule has 1 N–H and O–H groups in total. The van der Waals surface area contributed by atoms with Crippen LogP contribution >= 0.6 is 7.29 Å². The number of unbranched alkanes of at least 4 members (excludes halogenated alkanes) is 9. The van der Waals surface area contributed by atoms with Gasteiger partial charge in [-0.25, -0.2) is 0 Å². The van der Waals surface area contributed by atoms with E-state index in [1.54, 1.807) is 0 Å². The van der Waals surface area contributed by atoms with Gasteiger partial charge >= 0.3 is 0 Å². The molecule has 0 atom stereocenters. The minimum Gasteiger partial charge on any atom is -0.297 e. The number of nitrogens with one attached hydrogen (secondary N) is 1. The average Bonchev–Trinajstić information content (AvgIpc) is 2.73. The normalized spacial score (nSPS) is 11.6. The fourth-order valence-corrected chi connectivity index (χ4v) is 5.78. The third-order valence-corrected chi connectivity index (χ3v) is 7.82. The molecule has 27 heavy (non-hydrogen) atoms. The molecule has 0 fully saturated rings. The third-order valence-electron chi connectivity index (χ3n) is 5.10. The topological polar surface area (TPSA) is 29.1 Å². The summed E-state index contributed by atoms with van der Waals surface area (Å²) in [7, 11) is -2.75. The Morgan fingerprint density at radius 2 is 1.04 bits per heavy atom. The van der Waals surface area contributed by atoms with Gasteiger partial charge in [-0.15, -0.1) is 0 Å². The van der Waals surface area contributed by atoms with Crippen molar-refractivity contribution in [1.29, 1.82) is 0 Å². The fraction of sp³-hybridized carbons (Fsp3) is 0.500. The van der Waals surface area contributed by atoms with Gasteiger partial charge in [0.05, 0.1) is 0 Å². The Hall–Kier alpha value is -1.37. The first-order valence-electron chi connectivity index (χ1n) is 10.7. The van der Waals surface area contributed by atoms with Crippen molar-refractivity contribution in [3.8, 4) is 0 Å². The molecule has 0 bridgehead atoms. The predicted molar refractivity (Wildman–Crippen MR) is 120 cm³/mol. The van der Waals surface area contributed by atoms with E-state index in [2.05, 4.69) is 12.0 Å². The average molecular weight is 386 g/mol. The maximum absolute atomic E-state index is 13.8. The molecule has 0 unspecified atom stereocenters. The maximum Gasteiger partial charge on any atom is 0.204 e. The zero-order valence-corrected chi connectivity index (χ0v) is 17.8. The van der Waals surface area contributed by atoms with Crippen molar-refractivity contribution in [3.05, 3.63) is 60.7 Å². The van der Waals surface area contributed by atoms with Crippen LogP contribution in [0, 0.1) is 0 Å². The molecule has 0 aliphatic heterocycles. The largest absolute Gasteiger partial charge is 0.297 e. The first kappa shape index (κ1) is 21.9. The summed E-state index contributed by atoms with van der Waals surface area (Å²) in [5.41, 5.74) is 0. The van der Waals surface area contributed by atoms with Gasteiger partial charge in [0.25, 0.3) is 0 Å².